The van der Waals surface area contributed by atoms with Crippen LogP contribution in [0, 0.1) is 15.9 Å². The van der Waals surface area contributed by atoms with Crippen molar-refractivity contribution in [2.75, 3.05) is 7.11 Å². The van der Waals surface area contributed by atoms with E-state index in [2.05, 4.69) is 10.3 Å². The van der Waals surface area contributed by atoms with Gasteiger partial charge < -0.3 is 14.8 Å². The van der Waals surface area contributed by atoms with Gasteiger partial charge in [-0.3, -0.25) is 19.9 Å². The lowest BCUT2D eigenvalue weighted by Crippen LogP contribution is -2.23. The smallest absolute Gasteiger partial charge is 0.311 e. The molecule has 29 heavy (non-hydrogen) atoms. The van der Waals surface area contributed by atoms with E-state index in [1.807, 2.05) is 0 Å². The first-order valence-electron chi connectivity index (χ1n) is 8.45. The third kappa shape index (κ3) is 4.83. The highest BCUT2D eigenvalue weighted by atomic mass is 19.1. The largest absolute Gasteiger partial charge is 0.490 e. The molecular formula is C20H16FN3O5. The maximum absolute atomic E-state index is 14.3. The van der Waals surface area contributed by atoms with Crippen LogP contribution in [-0.2, 0) is 6.54 Å². The molecule has 1 aromatic heterocycles. The molecule has 148 valence electrons. The average Bonchev–Trinajstić information content (AvgIpc) is 2.74. The lowest BCUT2D eigenvalue weighted by molar-refractivity contribution is -0.385. The average molecular weight is 397 g/mol. The van der Waals surface area contributed by atoms with E-state index in [9.17, 15) is 19.3 Å². The topological polar surface area (TPSA) is 104 Å². The quantitative estimate of drug-likeness (QED) is 0.480. The predicted octanol–water partition coefficient (Wildman–Crippen LogP) is 3.86. The number of carbonyl (C=O) groups excluding carboxylic acids is 1. The third-order valence-corrected chi connectivity index (χ3v) is 3.95. The van der Waals surface area contributed by atoms with Crippen LogP contribution in [0.25, 0.3) is 0 Å². The molecule has 3 rings (SSSR count). The van der Waals surface area contributed by atoms with E-state index in [1.54, 1.807) is 24.4 Å². The van der Waals surface area contributed by atoms with Crippen LogP contribution in [-0.4, -0.2) is 22.9 Å². The Morgan fingerprint density at radius 3 is 2.66 bits per heavy atom. The summed E-state index contributed by atoms with van der Waals surface area (Å²) in [6.45, 7) is 0.0305. The van der Waals surface area contributed by atoms with E-state index in [4.69, 9.17) is 9.47 Å². The number of pyridine rings is 1. The maximum atomic E-state index is 14.3. The van der Waals surface area contributed by atoms with Gasteiger partial charge in [0.05, 0.1) is 18.2 Å². The van der Waals surface area contributed by atoms with Gasteiger partial charge in [0.1, 0.15) is 5.75 Å². The lowest BCUT2D eigenvalue weighted by Gasteiger charge is -2.09. The van der Waals surface area contributed by atoms with Gasteiger partial charge in [0.2, 0.25) is 0 Å². The summed E-state index contributed by atoms with van der Waals surface area (Å²) in [6.07, 6.45) is 3.04. The minimum absolute atomic E-state index is 0.0267. The van der Waals surface area contributed by atoms with Crippen molar-refractivity contribution in [3.63, 3.8) is 0 Å². The molecule has 2 aromatic carbocycles. The Bertz CT molecular complexity index is 1040. The van der Waals surface area contributed by atoms with Crippen LogP contribution >= 0.6 is 0 Å². The molecule has 1 N–H and O–H groups in total. The Kier molecular flexibility index (Phi) is 5.98. The van der Waals surface area contributed by atoms with Crippen molar-refractivity contribution in [1.82, 2.24) is 10.3 Å². The maximum Gasteiger partial charge on any atom is 0.311 e. The summed E-state index contributed by atoms with van der Waals surface area (Å²) in [5.41, 5.74) is 0.273. The van der Waals surface area contributed by atoms with E-state index in [0.29, 0.717) is 11.3 Å². The van der Waals surface area contributed by atoms with Crippen molar-refractivity contribution in [3.05, 3.63) is 88.0 Å². The normalized spacial score (nSPS) is 10.3. The van der Waals surface area contributed by atoms with Crippen LogP contribution < -0.4 is 14.8 Å². The zero-order chi connectivity index (χ0) is 20.8. The molecule has 1 amide bonds. The Labute approximate surface area is 165 Å². The summed E-state index contributed by atoms with van der Waals surface area (Å²) in [5, 5.41) is 13.7. The van der Waals surface area contributed by atoms with Crippen LogP contribution in [0.1, 0.15) is 15.9 Å². The molecule has 0 atom stereocenters. The Balaban J connectivity index is 1.67. The van der Waals surface area contributed by atoms with Crippen molar-refractivity contribution >= 4 is 11.6 Å². The number of benzene rings is 2. The van der Waals surface area contributed by atoms with Crippen LogP contribution in [0.15, 0.2) is 60.9 Å². The van der Waals surface area contributed by atoms with Crippen molar-refractivity contribution in [3.8, 4) is 17.2 Å². The molecule has 3 aromatic rings. The van der Waals surface area contributed by atoms with Gasteiger partial charge in [-0.2, -0.15) is 0 Å². The SMILES string of the molecule is COc1ccc(C(=O)NCc2ccc(Oc3cccnc3)c(F)c2)cc1[N+](=O)[O-]. The fourth-order valence-corrected chi connectivity index (χ4v) is 2.53. The number of nitro groups is 1. The summed E-state index contributed by atoms with van der Waals surface area (Å²) in [6, 6.07) is 11.5. The molecule has 0 aliphatic rings. The van der Waals surface area contributed by atoms with Crippen LogP contribution in [0.3, 0.4) is 0 Å². The predicted molar refractivity (Wildman–Crippen MR) is 102 cm³/mol. The summed E-state index contributed by atoms with van der Waals surface area (Å²) in [4.78, 5) is 26.6. The van der Waals surface area contributed by atoms with Gasteiger partial charge in [0, 0.05) is 24.4 Å². The summed E-state index contributed by atoms with van der Waals surface area (Å²) < 4.78 is 24.6. The minimum atomic E-state index is -0.633. The molecule has 0 aliphatic heterocycles. The lowest BCUT2D eigenvalue weighted by atomic mass is 10.1. The molecule has 0 saturated carbocycles. The first-order chi connectivity index (χ1) is 14.0. The van der Waals surface area contributed by atoms with Crippen LogP contribution in [0.2, 0.25) is 0 Å². The molecule has 0 bridgehead atoms. The standard InChI is InChI=1S/C20H16FN3O5/c1-28-19-7-5-14(10-17(19)24(26)27)20(25)23-11-13-4-6-18(16(21)9-13)29-15-3-2-8-22-12-15/h2-10,12H,11H2,1H3,(H,23,25). The molecule has 0 radical (unpaired) electrons. The number of ether oxygens (including phenoxy) is 2. The zero-order valence-corrected chi connectivity index (χ0v) is 15.3. The highest BCUT2D eigenvalue weighted by Gasteiger charge is 2.18. The minimum Gasteiger partial charge on any atom is -0.490 e. The second-order valence-corrected chi connectivity index (χ2v) is 5.88. The van der Waals surface area contributed by atoms with Gasteiger partial charge in [-0.1, -0.05) is 6.07 Å². The van der Waals surface area contributed by atoms with Crippen molar-refractivity contribution < 1.29 is 23.6 Å². The Morgan fingerprint density at radius 1 is 1.21 bits per heavy atom. The number of nitrogens with one attached hydrogen (secondary N) is 1. The van der Waals surface area contributed by atoms with Gasteiger partial charge in [0.25, 0.3) is 5.91 Å². The molecule has 0 spiro atoms. The molecule has 0 aliphatic carbocycles. The third-order valence-electron chi connectivity index (χ3n) is 3.95. The monoisotopic (exact) mass is 397 g/mol. The number of amides is 1. The summed E-state index contributed by atoms with van der Waals surface area (Å²) >= 11 is 0. The molecule has 9 heteroatoms. The Hall–Kier alpha value is -4.01. The molecule has 8 nitrogen and oxygen atoms in total. The number of hydrogen-bond acceptors (Lipinski definition) is 6. The molecule has 0 fully saturated rings. The van der Waals surface area contributed by atoms with Crippen molar-refractivity contribution in [2.24, 2.45) is 0 Å². The number of hydrogen-bond donors (Lipinski definition) is 1. The fourth-order valence-electron chi connectivity index (χ4n) is 2.53. The van der Waals surface area contributed by atoms with Gasteiger partial charge >= 0.3 is 5.69 Å². The molecule has 0 unspecified atom stereocenters. The molecular weight excluding hydrogens is 381 g/mol. The molecule has 1 heterocycles. The van der Waals surface area contributed by atoms with E-state index in [1.165, 1.54) is 37.6 Å². The van der Waals surface area contributed by atoms with E-state index in [0.717, 1.165) is 6.07 Å². The number of nitrogens with zero attached hydrogens (tertiary/aromatic N) is 2. The van der Waals surface area contributed by atoms with Gasteiger partial charge in [-0.25, -0.2) is 4.39 Å². The summed E-state index contributed by atoms with van der Waals surface area (Å²) in [5.74, 6) is -0.655. The van der Waals surface area contributed by atoms with E-state index >= 15 is 0 Å². The molecule has 0 saturated heterocycles. The first-order valence-corrected chi connectivity index (χ1v) is 8.45. The number of carbonyl (C=O) groups is 1. The summed E-state index contributed by atoms with van der Waals surface area (Å²) in [7, 11) is 1.30. The highest BCUT2D eigenvalue weighted by Crippen LogP contribution is 2.28. The fraction of sp³-hybridized carbons (Fsp3) is 0.100. The van der Waals surface area contributed by atoms with Gasteiger partial charge in [-0.05, 0) is 42.0 Å². The van der Waals surface area contributed by atoms with Gasteiger partial charge in [0.15, 0.2) is 17.3 Å². The van der Waals surface area contributed by atoms with Crippen molar-refractivity contribution in [1.29, 1.82) is 0 Å². The number of rotatable bonds is 7. The number of nitro benzene ring substituents is 1. The van der Waals surface area contributed by atoms with E-state index in [-0.39, 0.29) is 29.3 Å². The number of methoxy groups -OCH3 is 1. The van der Waals surface area contributed by atoms with Crippen LogP contribution in [0.5, 0.6) is 17.2 Å². The number of halogens is 1. The zero-order valence-electron chi connectivity index (χ0n) is 15.3. The number of aromatic nitrogens is 1. The Morgan fingerprint density at radius 2 is 2.00 bits per heavy atom. The van der Waals surface area contributed by atoms with Crippen molar-refractivity contribution in [2.45, 2.75) is 6.54 Å². The van der Waals surface area contributed by atoms with Gasteiger partial charge in [-0.15, -0.1) is 0 Å². The first kappa shape index (κ1) is 19.7. The second-order valence-electron chi connectivity index (χ2n) is 5.88. The van der Waals surface area contributed by atoms with Crippen LogP contribution in [0.4, 0.5) is 10.1 Å². The van der Waals surface area contributed by atoms with E-state index < -0.39 is 16.6 Å². The second kappa shape index (κ2) is 8.79. The highest BCUT2D eigenvalue weighted by molar-refractivity contribution is 5.95.